The van der Waals surface area contributed by atoms with Crippen LogP contribution in [0.5, 0.6) is 0 Å². The van der Waals surface area contributed by atoms with E-state index in [4.69, 9.17) is 17.3 Å². The zero-order valence-corrected chi connectivity index (χ0v) is 15.8. The van der Waals surface area contributed by atoms with Crippen LogP contribution in [-0.4, -0.2) is 31.1 Å². The average Bonchev–Trinajstić information content (AvgIpc) is 2.83. The summed E-state index contributed by atoms with van der Waals surface area (Å²) in [5, 5.41) is 9.53. The van der Waals surface area contributed by atoms with Crippen LogP contribution < -0.4 is 21.7 Å². The van der Waals surface area contributed by atoms with E-state index in [2.05, 4.69) is 16.0 Å². The lowest BCUT2D eigenvalue weighted by Crippen LogP contribution is -2.40. The van der Waals surface area contributed by atoms with Crippen molar-refractivity contribution in [3.8, 4) is 10.4 Å². The Bertz CT molecular complexity index is 800. The Morgan fingerprint density at radius 2 is 2.12 bits per heavy atom. The summed E-state index contributed by atoms with van der Waals surface area (Å²) in [6.45, 7) is 1.72. The molecule has 0 spiro atoms. The molecule has 2 aromatic rings. The Labute approximate surface area is 161 Å². The Kier molecular flexibility index (Phi) is 6.13. The summed E-state index contributed by atoms with van der Waals surface area (Å²) in [7, 11) is 0. The second-order valence-electron chi connectivity index (χ2n) is 6.22. The molecule has 1 fully saturated rings. The highest BCUT2D eigenvalue weighted by Gasteiger charge is 2.21. The first-order chi connectivity index (χ1) is 12.5. The molecule has 1 saturated heterocycles. The molecule has 8 heteroatoms. The summed E-state index contributed by atoms with van der Waals surface area (Å²) in [5.41, 5.74) is 6.56. The van der Waals surface area contributed by atoms with Gasteiger partial charge in [0.1, 0.15) is 4.88 Å². The number of anilines is 1. The van der Waals surface area contributed by atoms with Crippen LogP contribution in [0, 0.1) is 0 Å². The summed E-state index contributed by atoms with van der Waals surface area (Å²) in [4.78, 5) is 25.4. The fourth-order valence-corrected chi connectivity index (χ4v) is 4.17. The van der Waals surface area contributed by atoms with Gasteiger partial charge >= 0.3 is 6.03 Å². The third-order valence-corrected chi connectivity index (χ3v) is 5.61. The maximum Gasteiger partial charge on any atom is 0.316 e. The molecule has 0 unspecified atom stereocenters. The topological polar surface area (TPSA) is 96.2 Å². The highest BCUT2D eigenvalue weighted by molar-refractivity contribution is 7.18. The van der Waals surface area contributed by atoms with Gasteiger partial charge in [-0.15, -0.1) is 11.3 Å². The van der Waals surface area contributed by atoms with E-state index in [1.807, 2.05) is 18.2 Å². The summed E-state index contributed by atoms with van der Waals surface area (Å²) in [5.74, 6) is -0.208. The van der Waals surface area contributed by atoms with Crippen molar-refractivity contribution in [2.24, 2.45) is 5.73 Å². The van der Waals surface area contributed by atoms with Gasteiger partial charge in [0.05, 0.1) is 5.69 Å². The van der Waals surface area contributed by atoms with Crippen LogP contribution in [0.15, 0.2) is 30.3 Å². The van der Waals surface area contributed by atoms with Gasteiger partial charge in [0, 0.05) is 22.5 Å². The number of nitrogens with one attached hydrogen (secondary N) is 3. The molecule has 26 heavy (non-hydrogen) atoms. The van der Waals surface area contributed by atoms with Crippen LogP contribution in [-0.2, 0) is 0 Å². The molecule has 3 rings (SSSR count). The smallest absolute Gasteiger partial charge is 0.316 e. The zero-order chi connectivity index (χ0) is 18.5. The van der Waals surface area contributed by atoms with Crippen molar-refractivity contribution in [2.75, 3.05) is 18.4 Å². The highest BCUT2D eigenvalue weighted by atomic mass is 35.5. The highest BCUT2D eigenvalue weighted by Crippen LogP contribution is 2.35. The third-order valence-electron chi connectivity index (χ3n) is 4.19. The van der Waals surface area contributed by atoms with E-state index < -0.39 is 6.03 Å². The SMILES string of the molecule is NC(=O)Nc1cc(-c2cccc(Cl)c2)sc1C(=O)N[C@H]1CCCCNC1. The minimum atomic E-state index is -0.703. The molecule has 2 heterocycles. The molecule has 1 aromatic carbocycles. The fourth-order valence-electron chi connectivity index (χ4n) is 2.96. The normalized spacial score (nSPS) is 17.3. The molecule has 0 saturated carbocycles. The zero-order valence-electron chi connectivity index (χ0n) is 14.2. The largest absolute Gasteiger partial charge is 0.351 e. The predicted octanol–water partition coefficient (Wildman–Crippen LogP) is 3.43. The number of carbonyl (C=O) groups is 2. The molecule has 0 aliphatic carbocycles. The summed E-state index contributed by atoms with van der Waals surface area (Å²) in [6, 6.07) is 8.47. The Morgan fingerprint density at radius 3 is 2.88 bits per heavy atom. The van der Waals surface area contributed by atoms with Gasteiger partial charge in [-0.05, 0) is 43.1 Å². The molecule has 1 aliphatic heterocycles. The molecular formula is C18H21ClN4O2S. The Hall–Kier alpha value is -2.09. The molecule has 6 nitrogen and oxygen atoms in total. The summed E-state index contributed by atoms with van der Waals surface area (Å²) < 4.78 is 0. The molecule has 3 amide bonds. The number of nitrogens with two attached hydrogens (primary N) is 1. The van der Waals surface area contributed by atoms with E-state index in [1.54, 1.807) is 12.1 Å². The monoisotopic (exact) mass is 392 g/mol. The van der Waals surface area contributed by atoms with Gasteiger partial charge in [-0.2, -0.15) is 0 Å². The number of amides is 3. The number of benzene rings is 1. The molecule has 138 valence electrons. The van der Waals surface area contributed by atoms with Crippen LogP contribution in [0.4, 0.5) is 10.5 Å². The van der Waals surface area contributed by atoms with Gasteiger partial charge in [0.25, 0.3) is 5.91 Å². The number of carbonyl (C=O) groups excluding carboxylic acids is 2. The number of hydrogen-bond donors (Lipinski definition) is 4. The van der Waals surface area contributed by atoms with Crippen molar-refractivity contribution in [2.45, 2.75) is 25.3 Å². The van der Waals surface area contributed by atoms with Crippen LogP contribution >= 0.6 is 22.9 Å². The standard InChI is InChI=1S/C18H21ClN4O2S/c19-12-5-3-4-11(8-12)15-9-14(23-18(20)25)16(26-15)17(24)22-13-6-1-2-7-21-10-13/h3-5,8-9,13,21H,1-2,6-7,10H2,(H,22,24)(H3,20,23,25)/t13-/m0/s1. The number of halogens is 1. The Balaban J connectivity index is 1.86. The van der Waals surface area contributed by atoms with Crippen LogP contribution in [0.1, 0.15) is 28.9 Å². The maximum absolute atomic E-state index is 12.8. The van der Waals surface area contributed by atoms with Crippen LogP contribution in [0.3, 0.4) is 0 Å². The molecule has 1 atom stereocenters. The Morgan fingerprint density at radius 1 is 1.27 bits per heavy atom. The number of primary amides is 1. The van der Waals surface area contributed by atoms with Gasteiger partial charge < -0.3 is 21.7 Å². The molecule has 1 aliphatic rings. The fraction of sp³-hybridized carbons (Fsp3) is 0.333. The van der Waals surface area contributed by atoms with Crippen LogP contribution in [0.25, 0.3) is 10.4 Å². The van der Waals surface area contributed by atoms with Crippen molar-refractivity contribution >= 4 is 40.6 Å². The number of hydrogen-bond acceptors (Lipinski definition) is 4. The summed E-state index contributed by atoms with van der Waals surface area (Å²) >= 11 is 7.36. The van der Waals surface area contributed by atoms with Gasteiger partial charge in [0.2, 0.25) is 0 Å². The quantitative estimate of drug-likeness (QED) is 0.641. The van der Waals surface area contributed by atoms with Crippen molar-refractivity contribution in [3.63, 3.8) is 0 Å². The van der Waals surface area contributed by atoms with E-state index in [0.717, 1.165) is 42.8 Å². The molecule has 0 bridgehead atoms. The molecule has 0 radical (unpaired) electrons. The second-order valence-corrected chi connectivity index (χ2v) is 7.71. The van der Waals surface area contributed by atoms with Gasteiger partial charge in [-0.1, -0.05) is 30.2 Å². The van der Waals surface area contributed by atoms with Gasteiger partial charge in [0.15, 0.2) is 0 Å². The van der Waals surface area contributed by atoms with Crippen LogP contribution in [0.2, 0.25) is 5.02 Å². The summed E-state index contributed by atoms with van der Waals surface area (Å²) in [6.07, 6.45) is 3.12. The second kappa shape index (κ2) is 8.53. The first-order valence-corrected chi connectivity index (χ1v) is 9.70. The molecule has 5 N–H and O–H groups in total. The van der Waals surface area contributed by atoms with E-state index in [0.29, 0.717) is 15.6 Å². The number of thiophene rings is 1. The van der Waals surface area contributed by atoms with E-state index in [1.165, 1.54) is 11.3 Å². The van der Waals surface area contributed by atoms with Crippen molar-refractivity contribution in [3.05, 3.63) is 40.2 Å². The average molecular weight is 393 g/mol. The van der Waals surface area contributed by atoms with Gasteiger partial charge in [-0.3, -0.25) is 4.79 Å². The lowest BCUT2D eigenvalue weighted by Gasteiger charge is -2.16. The first kappa shape index (κ1) is 18.7. The molecular weight excluding hydrogens is 372 g/mol. The first-order valence-electron chi connectivity index (χ1n) is 8.51. The minimum absolute atomic E-state index is 0.0724. The number of rotatable bonds is 4. The molecule has 1 aromatic heterocycles. The van der Waals surface area contributed by atoms with Gasteiger partial charge in [-0.25, -0.2) is 4.79 Å². The number of urea groups is 1. The van der Waals surface area contributed by atoms with E-state index in [9.17, 15) is 9.59 Å². The minimum Gasteiger partial charge on any atom is -0.351 e. The van der Waals surface area contributed by atoms with Crippen molar-refractivity contribution < 1.29 is 9.59 Å². The lowest BCUT2D eigenvalue weighted by atomic mass is 10.1. The van der Waals surface area contributed by atoms with E-state index >= 15 is 0 Å². The third kappa shape index (κ3) is 4.75. The maximum atomic E-state index is 12.8. The van der Waals surface area contributed by atoms with E-state index in [-0.39, 0.29) is 11.9 Å². The lowest BCUT2D eigenvalue weighted by molar-refractivity contribution is 0.0940. The van der Waals surface area contributed by atoms with Crippen molar-refractivity contribution in [1.29, 1.82) is 0 Å². The van der Waals surface area contributed by atoms with Crippen molar-refractivity contribution in [1.82, 2.24) is 10.6 Å². The predicted molar refractivity (Wildman–Crippen MR) is 106 cm³/mol.